The molecule has 1 amide bonds. The van der Waals surface area contributed by atoms with Crippen molar-refractivity contribution >= 4 is 17.6 Å². The molecule has 0 bridgehead atoms. The summed E-state index contributed by atoms with van der Waals surface area (Å²) in [7, 11) is 1.24. The van der Waals surface area contributed by atoms with Gasteiger partial charge in [-0.2, -0.15) is 0 Å². The Labute approximate surface area is 122 Å². The zero-order valence-corrected chi connectivity index (χ0v) is 11.8. The Balaban J connectivity index is 2.04. The van der Waals surface area contributed by atoms with Crippen LogP contribution >= 0.6 is 0 Å². The topological polar surface area (TPSA) is 88.1 Å². The highest BCUT2D eigenvalue weighted by atomic mass is 16.5. The molecule has 1 aromatic carbocycles. The van der Waals surface area contributed by atoms with Gasteiger partial charge in [0.2, 0.25) is 0 Å². The van der Waals surface area contributed by atoms with Gasteiger partial charge in [-0.05, 0) is 12.1 Å². The maximum absolute atomic E-state index is 11.9. The molecule has 7 nitrogen and oxygen atoms in total. The molecule has 1 aliphatic rings. The number of nitrogens with zero attached hydrogens (tertiary/aromatic N) is 1. The van der Waals surface area contributed by atoms with Gasteiger partial charge in [0.1, 0.15) is 12.3 Å². The van der Waals surface area contributed by atoms with Crippen molar-refractivity contribution in [1.29, 1.82) is 0 Å². The van der Waals surface area contributed by atoms with E-state index in [9.17, 15) is 14.7 Å². The highest BCUT2D eigenvalue weighted by Crippen LogP contribution is 2.25. The number of hydrogen-bond donors (Lipinski definition) is 2. The molecule has 114 valence electrons. The Bertz CT molecular complexity index is 526. The van der Waals surface area contributed by atoms with Crippen molar-refractivity contribution < 1.29 is 24.2 Å². The fourth-order valence-corrected chi connectivity index (χ4v) is 2.05. The Hall–Kier alpha value is -2.28. The minimum Gasteiger partial charge on any atom is -0.507 e. The van der Waals surface area contributed by atoms with Gasteiger partial charge in [0, 0.05) is 24.8 Å². The molecule has 21 heavy (non-hydrogen) atoms. The number of aromatic hydroxyl groups is 1. The molecule has 1 heterocycles. The number of esters is 1. The van der Waals surface area contributed by atoms with Crippen LogP contribution in [-0.4, -0.2) is 56.9 Å². The molecular formula is C14H18N2O5. The van der Waals surface area contributed by atoms with Crippen LogP contribution in [-0.2, 0) is 14.3 Å². The maximum Gasteiger partial charge on any atom is 0.325 e. The number of carbonyl (C=O) groups is 2. The zero-order valence-electron chi connectivity index (χ0n) is 11.8. The standard InChI is InChI=1S/C14H18N2O5/c1-20-13(18)9-15-14(19)11-3-2-10(8-12(11)17)16-4-6-21-7-5-16/h2-3,8,17H,4-7,9H2,1H3,(H,15,19). The first-order valence-corrected chi connectivity index (χ1v) is 6.62. The van der Waals surface area contributed by atoms with Gasteiger partial charge in [-0.15, -0.1) is 0 Å². The summed E-state index contributed by atoms with van der Waals surface area (Å²) in [5, 5.41) is 12.4. The second kappa shape index (κ2) is 6.94. The fourth-order valence-electron chi connectivity index (χ4n) is 2.05. The van der Waals surface area contributed by atoms with E-state index in [0.717, 1.165) is 18.8 Å². The van der Waals surface area contributed by atoms with Gasteiger partial charge in [0.25, 0.3) is 5.91 Å². The third-order valence-corrected chi connectivity index (χ3v) is 3.22. The van der Waals surface area contributed by atoms with Gasteiger partial charge in [-0.1, -0.05) is 0 Å². The molecule has 0 aliphatic carbocycles. The second-order valence-electron chi connectivity index (χ2n) is 4.56. The van der Waals surface area contributed by atoms with E-state index >= 15 is 0 Å². The van der Waals surface area contributed by atoms with Crippen molar-refractivity contribution in [2.45, 2.75) is 0 Å². The van der Waals surface area contributed by atoms with E-state index in [0.29, 0.717) is 13.2 Å². The fraction of sp³-hybridized carbons (Fsp3) is 0.429. The van der Waals surface area contributed by atoms with Crippen molar-refractivity contribution in [2.75, 3.05) is 44.9 Å². The minimum absolute atomic E-state index is 0.121. The van der Waals surface area contributed by atoms with Crippen LogP contribution in [0.5, 0.6) is 5.75 Å². The summed E-state index contributed by atoms with van der Waals surface area (Å²) in [5.41, 5.74) is 0.955. The number of hydrogen-bond acceptors (Lipinski definition) is 6. The molecule has 0 aromatic heterocycles. The van der Waals surface area contributed by atoms with Crippen LogP contribution in [0.3, 0.4) is 0 Å². The number of nitrogens with one attached hydrogen (secondary N) is 1. The lowest BCUT2D eigenvalue weighted by molar-refractivity contribution is -0.139. The number of benzene rings is 1. The SMILES string of the molecule is COC(=O)CNC(=O)c1ccc(N2CCOCC2)cc1O. The molecule has 2 rings (SSSR count). The molecule has 0 atom stereocenters. The normalized spacial score (nSPS) is 14.6. The summed E-state index contributed by atoms with van der Waals surface area (Å²) >= 11 is 0. The van der Waals surface area contributed by atoms with E-state index in [1.165, 1.54) is 13.2 Å². The number of morpholine rings is 1. The number of phenols is 1. The van der Waals surface area contributed by atoms with Crippen molar-refractivity contribution in [3.8, 4) is 5.75 Å². The van der Waals surface area contributed by atoms with Crippen LogP contribution in [0.2, 0.25) is 0 Å². The molecule has 1 saturated heterocycles. The largest absolute Gasteiger partial charge is 0.507 e. The van der Waals surface area contributed by atoms with Crippen LogP contribution in [0.25, 0.3) is 0 Å². The summed E-state index contributed by atoms with van der Waals surface area (Å²) in [6, 6.07) is 4.84. The van der Waals surface area contributed by atoms with Gasteiger partial charge in [0.15, 0.2) is 0 Å². The number of carbonyl (C=O) groups excluding carboxylic acids is 2. The van der Waals surface area contributed by atoms with Gasteiger partial charge >= 0.3 is 5.97 Å². The summed E-state index contributed by atoms with van der Waals surface area (Å²) in [4.78, 5) is 24.9. The Morgan fingerprint density at radius 2 is 2.10 bits per heavy atom. The molecule has 1 aliphatic heterocycles. The quantitative estimate of drug-likeness (QED) is 0.768. The van der Waals surface area contributed by atoms with Gasteiger partial charge in [-0.3, -0.25) is 9.59 Å². The van der Waals surface area contributed by atoms with Crippen LogP contribution in [0.4, 0.5) is 5.69 Å². The van der Waals surface area contributed by atoms with Crippen molar-refractivity contribution in [3.63, 3.8) is 0 Å². The van der Waals surface area contributed by atoms with Gasteiger partial charge < -0.3 is 24.8 Å². The maximum atomic E-state index is 11.9. The molecule has 0 unspecified atom stereocenters. The summed E-state index contributed by atoms with van der Waals surface area (Å²) in [6.07, 6.45) is 0. The monoisotopic (exact) mass is 294 g/mol. The molecule has 0 radical (unpaired) electrons. The smallest absolute Gasteiger partial charge is 0.325 e. The van der Waals surface area contributed by atoms with Crippen LogP contribution in [0, 0.1) is 0 Å². The average Bonchev–Trinajstić information content (AvgIpc) is 2.53. The second-order valence-corrected chi connectivity index (χ2v) is 4.56. The van der Waals surface area contributed by atoms with Crippen molar-refractivity contribution in [3.05, 3.63) is 23.8 Å². The van der Waals surface area contributed by atoms with Gasteiger partial charge in [0.05, 0.1) is 25.9 Å². The van der Waals surface area contributed by atoms with Crippen LogP contribution in [0.1, 0.15) is 10.4 Å². The summed E-state index contributed by atoms with van der Waals surface area (Å²) in [5.74, 6) is -1.19. The molecule has 2 N–H and O–H groups in total. The first kappa shape index (κ1) is 15.1. The van der Waals surface area contributed by atoms with E-state index in [2.05, 4.69) is 15.0 Å². The predicted octanol–water partition coefficient (Wildman–Crippen LogP) is 0.132. The van der Waals surface area contributed by atoms with Crippen LogP contribution in [0.15, 0.2) is 18.2 Å². The predicted molar refractivity (Wildman–Crippen MR) is 75.5 cm³/mol. The summed E-state index contributed by atoms with van der Waals surface area (Å²) in [6.45, 7) is 2.53. The first-order chi connectivity index (χ1) is 10.1. The minimum atomic E-state index is -0.548. The van der Waals surface area contributed by atoms with Gasteiger partial charge in [-0.25, -0.2) is 0 Å². The number of anilines is 1. The number of amides is 1. The lowest BCUT2D eigenvalue weighted by atomic mass is 10.1. The van der Waals surface area contributed by atoms with E-state index in [1.54, 1.807) is 12.1 Å². The molecule has 7 heteroatoms. The third-order valence-electron chi connectivity index (χ3n) is 3.22. The molecule has 0 spiro atoms. The van der Waals surface area contributed by atoms with Crippen LogP contribution < -0.4 is 10.2 Å². The lowest BCUT2D eigenvalue weighted by Gasteiger charge is -2.29. The zero-order chi connectivity index (χ0) is 15.2. The van der Waals surface area contributed by atoms with Crippen molar-refractivity contribution in [2.24, 2.45) is 0 Å². The number of methoxy groups -OCH3 is 1. The molecular weight excluding hydrogens is 276 g/mol. The van der Waals surface area contributed by atoms with E-state index in [1.807, 2.05) is 0 Å². The number of phenolic OH excluding ortho intramolecular Hbond substituents is 1. The van der Waals surface area contributed by atoms with E-state index < -0.39 is 11.9 Å². The molecule has 1 aromatic rings. The van der Waals surface area contributed by atoms with E-state index in [4.69, 9.17) is 4.74 Å². The van der Waals surface area contributed by atoms with E-state index in [-0.39, 0.29) is 17.9 Å². The lowest BCUT2D eigenvalue weighted by Crippen LogP contribution is -2.36. The Kier molecular flexibility index (Phi) is 4.99. The third kappa shape index (κ3) is 3.85. The highest BCUT2D eigenvalue weighted by molar-refractivity contribution is 5.98. The van der Waals surface area contributed by atoms with Crippen molar-refractivity contribution in [1.82, 2.24) is 5.32 Å². The summed E-state index contributed by atoms with van der Waals surface area (Å²) < 4.78 is 9.70. The molecule has 1 fully saturated rings. The number of ether oxygens (including phenoxy) is 2. The Morgan fingerprint density at radius 3 is 2.71 bits per heavy atom. The Morgan fingerprint density at radius 1 is 1.38 bits per heavy atom. The first-order valence-electron chi connectivity index (χ1n) is 6.62. The highest BCUT2D eigenvalue weighted by Gasteiger charge is 2.16. The molecule has 0 saturated carbocycles. The number of rotatable bonds is 4. The average molecular weight is 294 g/mol.